The van der Waals surface area contributed by atoms with Gasteiger partial charge in [-0.15, -0.1) is 0 Å². The van der Waals surface area contributed by atoms with Crippen LogP contribution >= 0.6 is 0 Å². The predicted molar refractivity (Wildman–Crippen MR) is 103 cm³/mol. The average Bonchev–Trinajstić information content (AvgIpc) is 3.22. The minimum atomic E-state index is 0.0212. The van der Waals surface area contributed by atoms with Gasteiger partial charge in [0.15, 0.2) is 11.6 Å². The first-order valence-corrected chi connectivity index (χ1v) is 9.08. The summed E-state index contributed by atoms with van der Waals surface area (Å²) in [6.07, 6.45) is 0.728. The van der Waals surface area contributed by atoms with Gasteiger partial charge >= 0.3 is 0 Å². The number of nitrogens with one attached hydrogen (secondary N) is 2. The lowest BCUT2D eigenvalue weighted by molar-refractivity contribution is -0.129. The van der Waals surface area contributed by atoms with Gasteiger partial charge in [-0.05, 0) is 19.4 Å². The molecule has 138 valence electrons. The van der Waals surface area contributed by atoms with Gasteiger partial charge in [0.2, 0.25) is 5.91 Å². The van der Waals surface area contributed by atoms with E-state index in [0.29, 0.717) is 24.5 Å². The first kappa shape index (κ1) is 17.3. The monoisotopic (exact) mass is 362 g/mol. The standard InChI is InChI=1S/C21H22N4O2/c1-12-18(13(2)26)19(15-7-5-4-6-8-15)20(22-12)21-23-16-9-10-25(14(3)27)11-17(16)24-21/h4-8,22H,9-11H2,1-3H3,(H,23,24). The summed E-state index contributed by atoms with van der Waals surface area (Å²) >= 11 is 0. The van der Waals surface area contributed by atoms with Crippen molar-refractivity contribution in [3.8, 4) is 22.6 Å². The molecule has 27 heavy (non-hydrogen) atoms. The Balaban J connectivity index is 1.85. The number of hydrogen-bond acceptors (Lipinski definition) is 3. The zero-order valence-electron chi connectivity index (χ0n) is 15.7. The highest BCUT2D eigenvalue weighted by Gasteiger charge is 2.26. The minimum Gasteiger partial charge on any atom is -0.355 e. The number of aromatic nitrogens is 3. The number of rotatable bonds is 3. The van der Waals surface area contributed by atoms with E-state index in [1.54, 1.807) is 13.8 Å². The largest absolute Gasteiger partial charge is 0.355 e. The van der Waals surface area contributed by atoms with Gasteiger partial charge in [0.25, 0.3) is 0 Å². The highest BCUT2D eigenvalue weighted by molar-refractivity contribution is 6.05. The van der Waals surface area contributed by atoms with Gasteiger partial charge in [-0.3, -0.25) is 9.59 Å². The van der Waals surface area contributed by atoms with Crippen molar-refractivity contribution < 1.29 is 9.59 Å². The lowest BCUT2D eigenvalue weighted by atomic mass is 9.98. The van der Waals surface area contributed by atoms with Crippen molar-refractivity contribution in [1.29, 1.82) is 0 Å². The van der Waals surface area contributed by atoms with E-state index >= 15 is 0 Å². The second-order valence-electron chi connectivity index (χ2n) is 7.00. The smallest absolute Gasteiger partial charge is 0.219 e. The third-order valence-electron chi connectivity index (χ3n) is 5.12. The average molecular weight is 362 g/mol. The molecule has 0 radical (unpaired) electrons. The number of aromatic amines is 2. The molecule has 1 aromatic carbocycles. The number of carbonyl (C=O) groups is 2. The second kappa shape index (κ2) is 6.54. The topological polar surface area (TPSA) is 81.8 Å². The van der Waals surface area contributed by atoms with Crippen LogP contribution in [0.5, 0.6) is 0 Å². The molecule has 2 aromatic heterocycles. The number of fused-ring (bicyclic) bond motifs is 1. The molecule has 6 nitrogen and oxygen atoms in total. The first-order valence-electron chi connectivity index (χ1n) is 9.08. The van der Waals surface area contributed by atoms with Crippen LogP contribution in [-0.4, -0.2) is 38.1 Å². The molecular weight excluding hydrogens is 340 g/mol. The maximum Gasteiger partial charge on any atom is 0.219 e. The van der Waals surface area contributed by atoms with Crippen molar-refractivity contribution in [1.82, 2.24) is 19.9 Å². The molecule has 0 aliphatic carbocycles. The van der Waals surface area contributed by atoms with Crippen LogP contribution in [0.25, 0.3) is 22.6 Å². The molecule has 0 bridgehead atoms. The second-order valence-corrected chi connectivity index (χ2v) is 7.00. The van der Waals surface area contributed by atoms with Crippen molar-refractivity contribution >= 4 is 11.7 Å². The Labute approximate surface area is 157 Å². The summed E-state index contributed by atoms with van der Waals surface area (Å²) in [5, 5.41) is 0. The van der Waals surface area contributed by atoms with Crippen LogP contribution in [0.4, 0.5) is 0 Å². The van der Waals surface area contributed by atoms with Gasteiger partial charge in [-0.1, -0.05) is 30.3 Å². The lowest BCUT2D eigenvalue weighted by Crippen LogP contribution is -2.34. The van der Waals surface area contributed by atoms with Crippen molar-refractivity contribution in [3.05, 3.63) is 53.0 Å². The van der Waals surface area contributed by atoms with Crippen LogP contribution in [-0.2, 0) is 17.8 Å². The van der Waals surface area contributed by atoms with Gasteiger partial charge in [0, 0.05) is 36.7 Å². The number of carbonyl (C=O) groups excluding carboxylic acids is 2. The molecular formula is C21H22N4O2. The molecule has 1 aliphatic rings. The van der Waals surface area contributed by atoms with Crippen LogP contribution in [0.2, 0.25) is 0 Å². The molecule has 1 amide bonds. The molecule has 4 rings (SSSR count). The Hall–Kier alpha value is -3.15. The fraction of sp³-hybridized carbons (Fsp3) is 0.286. The van der Waals surface area contributed by atoms with E-state index in [-0.39, 0.29) is 11.7 Å². The zero-order valence-corrected chi connectivity index (χ0v) is 15.7. The number of amides is 1. The van der Waals surface area contributed by atoms with E-state index in [1.165, 1.54) is 0 Å². The number of hydrogen-bond donors (Lipinski definition) is 2. The van der Waals surface area contributed by atoms with Crippen LogP contribution in [0.1, 0.15) is 41.3 Å². The highest BCUT2D eigenvalue weighted by atomic mass is 16.2. The third-order valence-corrected chi connectivity index (χ3v) is 5.12. The fourth-order valence-electron chi connectivity index (χ4n) is 3.82. The van der Waals surface area contributed by atoms with Gasteiger partial charge < -0.3 is 14.9 Å². The van der Waals surface area contributed by atoms with Gasteiger partial charge in [0.1, 0.15) is 0 Å². The summed E-state index contributed by atoms with van der Waals surface area (Å²) in [5.41, 5.74) is 6.12. The summed E-state index contributed by atoms with van der Waals surface area (Å²) in [6.45, 7) is 6.30. The van der Waals surface area contributed by atoms with Gasteiger partial charge in [-0.2, -0.15) is 0 Å². The lowest BCUT2D eigenvalue weighted by Gasteiger charge is -2.24. The van der Waals surface area contributed by atoms with Crippen LogP contribution in [0.15, 0.2) is 30.3 Å². The molecule has 0 unspecified atom stereocenters. The normalized spacial score (nSPS) is 13.5. The molecule has 0 fully saturated rings. The van der Waals surface area contributed by atoms with Crippen molar-refractivity contribution in [2.24, 2.45) is 0 Å². The van der Waals surface area contributed by atoms with E-state index in [1.807, 2.05) is 42.2 Å². The number of Topliss-reactive ketones (excluding diaryl/α,β-unsaturated/α-hetero) is 1. The number of H-pyrrole nitrogens is 2. The van der Waals surface area contributed by atoms with E-state index < -0.39 is 0 Å². The van der Waals surface area contributed by atoms with Crippen molar-refractivity contribution in [2.75, 3.05) is 6.54 Å². The Bertz CT molecular complexity index is 1030. The Morgan fingerprint density at radius 2 is 1.85 bits per heavy atom. The van der Waals surface area contributed by atoms with E-state index in [2.05, 4.69) is 9.97 Å². The Morgan fingerprint density at radius 1 is 1.11 bits per heavy atom. The molecule has 3 aromatic rings. The zero-order chi connectivity index (χ0) is 19.1. The quantitative estimate of drug-likeness (QED) is 0.700. The number of imidazole rings is 1. The van der Waals surface area contributed by atoms with E-state index in [0.717, 1.165) is 40.3 Å². The molecule has 3 heterocycles. The Morgan fingerprint density at radius 3 is 2.52 bits per heavy atom. The van der Waals surface area contributed by atoms with Gasteiger partial charge in [0.05, 0.1) is 23.6 Å². The van der Waals surface area contributed by atoms with Crippen molar-refractivity contribution in [3.63, 3.8) is 0 Å². The van der Waals surface area contributed by atoms with E-state index in [9.17, 15) is 9.59 Å². The summed E-state index contributed by atoms with van der Waals surface area (Å²) in [7, 11) is 0. The fourth-order valence-corrected chi connectivity index (χ4v) is 3.82. The Kier molecular flexibility index (Phi) is 4.18. The molecule has 2 N–H and O–H groups in total. The number of benzene rings is 1. The van der Waals surface area contributed by atoms with Crippen LogP contribution < -0.4 is 0 Å². The van der Waals surface area contributed by atoms with Crippen LogP contribution in [0.3, 0.4) is 0 Å². The van der Waals surface area contributed by atoms with Gasteiger partial charge in [-0.25, -0.2) is 4.98 Å². The minimum absolute atomic E-state index is 0.0212. The molecule has 1 aliphatic heterocycles. The SMILES string of the molecule is CC(=O)c1c(C)[nH]c(-c2nc3c([nH]2)CN(C(C)=O)CC3)c1-c1ccccc1. The maximum atomic E-state index is 12.3. The van der Waals surface area contributed by atoms with E-state index in [4.69, 9.17) is 4.98 Å². The van der Waals surface area contributed by atoms with Crippen LogP contribution in [0, 0.1) is 6.92 Å². The first-order chi connectivity index (χ1) is 13.0. The summed E-state index contributed by atoms with van der Waals surface area (Å²) in [4.78, 5) is 37.3. The summed E-state index contributed by atoms with van der Waals surface area (Å²) < 4.78 is 0. The number of aryl methyl sites for hydroxylation is 1. The maximum absolute atomic E-state index is 12.3. The molecule has 0 saturated carbocycles. The highest BCUT2D eigenvalue weighted by Crippen LogP contribution is 2.36. The summed E-state index contributed by atoms with van der Waals surface area (Å²) in [5.74, 6) is 0.796. The summed E-state index contributed by atoms with van der Waals surface area (Å²) in [6, 6.07) is 9.88. The molecule has 0 atom stereocenters. The third kappa shape index (κ3) is 2.97. The number of nitrogens with zero attached hydrogens (tertiary/aromatic N) is 2. The molecule has 6 heteroatoms. The molecule has 0 saturated heterocycles. The number of ketones is 1. The van der Waals surface area contributed by atoms with Crippen molar-refractivity contribution in [2.45, 2.75) is 33.7 Å². The molecule has 0 spiro atoms. The predicted octanol–water partition coefficient (Wildman–Crippen LogP) is 3.49.